The quantitative estimate of drug-likeness (QED) is 0.594. The number of carbonyl (C=O) groups excluding carboxylic acids is 2. The maximum atomic E-state index is 13.4. The van der Waals surface area contributed by atoms with E-state index < -0.39 is 0 Å². The van der Waals surface area contributed by atoms with E-state index in [1.165, 1.54) is 29.9 Å². The Bertz CT molecular complexity index is 742. The maximum absolute atomic E-state index is 13.4. The van der Waals surface area contributed by atoms with Crippen LogP contribution in [0.3, 0.4) is 0 Å². The van der Waals surface area contributed by atoms with E-state index in [2.05, 4.69) is 4.90 Å². The number of rotatable bonds is 3. The molecule has 3 aliphatic rings. The molecule has 0 spiro atoms. The van der Waals surface area contributed by atoms with Gasteiger partial charge in [-0.1, -0.05) is 37.8 Å². The van der Waals surface area contributed by atoms with Gasteiger partial charge in [-0.25, -0.2) is 4.39 Å². The van der Waals surface area contributed by atoms with Crippen molar-refractivity contribution in [2.24, 2.45) is 0 Å². The van der Waals surface area contributed by atoms with Gasteiger partial charge in [0, 0.05) is 19.1 Å². The molecule has 0 aromatic heterocycles. The van der Waals surface area contributed by atoms with Crippen molar-refractivity contribution in [1.82, 2.24) is 9.80 Å². The zero-order valence-electron chi connectivity index (χ0n) is 15.8. The molecule has 0 N–H and O–H groups in total. The summed E-state index contributed by atoms with van der Waals surface area (Å²) in [6.45, 7) is 1.61. The van der Waals surface area contributed by atoms with E-state index in [0.29, 0.717) is 16.8 Å². The normalized spacial score (nSPS) is 22.6. The number of carbonyl (C=O) groups is 2. The summed E-state index contributed by atoms with van der Waals surface area (Å²) in [4.78, 5) is 30.4. The molecule has 4 nitrogen and oxygen atoms in total. The first kappa shape index (κ1) is 18.2. The summed E-state index contributed by atoms with van der Waals surface area (Å²) in [7, 11) is 0. The summed E-state index contributed by atoms with van der Waals surface area (Å²) < 4.78 is 13.4. The minimum absolute atomic E-state index is 0.00904. The number of benzene rings is 1. The van der Waals surface area contributed by atoms with Gasteiger partial charge < -0.3 is 4.90 Å². The molecular formula is C22H27FN2O2. The Labute approximate surface area is 160 Å². The number of amides is 2. The SMILES string of the molecule is O=C1C(c2ccc(F)cc2)=C(N2CCCCC2)C(=O)N1C1CCCCCC1. The second kappa shape index (κ2) is 7.83. The number of imide groups is 1. The van der Waals surface area contributed by atoms with Gasteiger partial charge in [-0.15, -0.1) is 0 Å². The van der Waals surface area contributed by atoms with Crippen molar-refractivity contribution in [2.45, 2.75) is 63.8 Å². The summed E-state index contributed by atoms with van der Waals surface area (Å²) in [5.41, 5.74) is 1.65. The molecule has 2 fully saturated rings. The third-order valence-electron chi connectivity index (χ3n) is 6.09. The van der Waals surface area contributed by atoms with Crippen LogP contribution in [0.15, 0.2) is 30.0 Å². The van der Waals surface area contributed by atoms with Crippen LogP contribution >= 0.6 is 0 Å². The Kier molecular flexibility index (Phi) is 5.28. The number of halogens is 1. The molecular weight excluding hydrogens is 343 g/mol. The highest BCUT2D eigenvalue weighted by Crippen LogP contribution is 2.36. The van der Waals surface area contributed by atoms with Crippen LogP contribution in [0.1, 0.15) is 63.4 Å². The average molecular weight is 370 g/mol. The monoisotopic (exact) mass is 370 g/mol. The average Bonchev–Trinajstić information content (AvgIpc) is 2.85. The molecule has 0 radical (unpaired) electrons. The van der Waals surface area contributed by atoms with Gasteiger partial charge in [0.2, 0.25) is 0 Å². The number of piperidine rings is 1. The van der Waals surface area contributed by atoms with E-state index in [0.717, 1.165) is 58.0 Å². The predicted molar refractivity (Wildman–Crippen MR) is 102 cm³/mol. The van der Waals surface area contributed by atoms with E-state index in [-0.39, 0.29) is 23.7 Å². The fraction of sp³-hybridized carbons (Fsp3) is 0.545. The van der Waals surface area contributed by atoms with Gasteiger partial charge in [0.1, 0.15) is 11.5 Å². The van der Waals surface area contributed by atoms with Gasteiger partial charge >= 0.3 is 0 Å². The maximum Gasteiger partial charge on any atom is 0.278 e. The van der Waals surface area contributed by atoms with Crippen LogP contribution in [0, 0.1) is 5.82 Å². The van der Waals surface area contributed by atoms with Crippen LogP contribution in [0.5, 0.6) is 0 Å². The second-order valence-corrected chi connectivity index (χ2v) is 7.90. The molecule has 144 valence electrons. The first-order valence-corrected chi connectivity index (χ1v) is 10.3. The minimum atomic E-state index is -0.337. The molecule has 2 amide bonds. The molecule has 0 atom stereocenters. The summed E-state index contributed by atoms with van der Waals surface area (Å²) in [6, 6.07) is 5.96. The largest absolute Gasteiger partial charge is 0.366 e. The van der Waals surface area contributed by atoms with E-state index in [1.54, 1.807) is 12.1 Å². The second-order valence-electron chi connectivity index (χ2n) is 7.90. The lowest BCUT2D eigenvalue weighted by atomic mass is 10.0. The number of likely N-dealkylation sites (tertiary alicyclic amines) is 1. The topological polar surface area (TPSA) is 40.6 Å². The highest BCUT2D eigenvalue weighted by molar-refractivity contribution is 6.35. The lowest BCUT2D eigenvalue weighted by Gasteiger charge is -2.31. The zero-order valence-corrected chi connectivity index (χ0v) is 15.8. The third-order valence-corrected chi connectivity index (χ3v) is 6.09. The molecule has 1 aliphatic carbocycles. The Balaban J connectivity index is 1.73. The standard InChI is InChI=1S/C22H27FN2O2/c23-17-12-10-16(11-13-17)19-20(24-14-6-3-7-15-24)22(27)25(21(19)26)18-8-4-1-2-5-9-18/h10-13,18H,1-9,14-15H2. The summed E-state index contributed by atoms with van der Waals surface area (Å²) in [5, 5.41) is 0. The molecule has 1 aromatic rings. The van der Waals surface area contributed by atoms with Gasteiger partial charge in [0.15, 0.2) is 0 Å². The van der Waals surface area contributed by atoms with E-state index in [9.17, 15) is 14.0 Å². The van der Waals surface area contributed by atoms with Crippen LogP contribution in [0.4, 0.5) is 4.39 Å². The van der Waals surface area contributed by atoms with Crippen molar-refractivity contribution >= 4 is 17.4 Å². The van der Waals surface area contributed by atoms with Crippen molar-refractivity contribution in [2.75, 3.05) is 13.1 Å². The van der Waals surface area contributed by atoms with Crippen molar-refractivity contribution in [3.8, 4) is 0 Å². The zero-order chi connectivity index (χ0) is 18.8. The summed E-state index contributed by atoms with van der Waals surface area (Å²) in [5.74, 6) is -0.677. The smallest absolute Gasteiger partial charge is 0.278 e. The highest BCUT2D eigenvalue weighted by atomic mass is 19.1. The van der Waals surface area contributed by atoms with Crippen molar-refractivity contribution in [3.63, 3.8) is 0 Å². The first-order valence-electron chi connectivity index (χ1n) is 10.3. The molecule has 0 bridgehead atoms. The molecule has 2 heterocycles. The minimum Gasteiger partial charge on any atom is -0.366 e. The molecule has 4 rings (SSSR count). The molecule has 27 heavy (non-hydrogen) atoms. The fourth-order valence-electron chi connectivity index (χ4n) is 4.67. The number of hydrogen-bond acceptors (Lipinski definition) is 3. The van der Waals surface area contributed by atoms with Crippen LogP contribution in [0.2, 0.25) is 0 Å². The van der Waals surface area contributed by atoms with Crippen LogP contribution in [0.25, 0.3) is 5.57 Å². The Morgan fingerprint density at radius 1 is 0.778 bits per heavy atom. The molecule has 0 unspecified atom stereocenters. The third kappa shape index (κ3) is 3.52. The van der Waals surface area contributed by atoms with Crippen molar-refractivity contribution < 1.29 is 14.0 Å². The van der Waals surface area contributed by atoms with Gasteiger partial charge in [0.25, 0.3) is 11.8 Å². The lowest BCUT2D eigenvalue weighted by molar-refractivity contribution is -0.140. The Hall–Kier alpha value is -2.17. The van der Waals surface area contributed by atoms with Gasteiger partial charge in [0.05, 0.1) is 5.57 Å². The Morgan fingerprint density at radius 3 is 2.00 bits per heavy atom. The molecule has 2 aliphatic heterocycles. The van der Waals surface area contributed by atoms with Gasteiger partial charge in [-0.05, 0) is 49.8 Å². The van der Waals surface area contributed by atoms with E-state index in [1.807, 2.05) is 0 Å². The van der Waals surface area contributed by atoms with E-state index in [4.69, 9.17) is 0 Å². The first-order chi connectivity index (χ1) is 13.2. The number of hydrogen-bond donors (Lipinski definition) is 0. The molecule has 1 saturated carbocycles. The fourth-order valence-corrected chi connectivity index (χ4v) is 4.67. The molecule has 1 saturated heterocycles. The predicted octanol–water partition coefficient (Wildman–Crippen LogP) is 4.11. The van der Waals surface area contributed by atoms with E-state index >= 15 is 0 Å². The Morgan fingerprint density at radius 2 is 1.37 bits per heavy atom. The van der Waals surface area contributed by atoms with Crippen molar-refractivity contribution in [1.29, 1.82) is 0 Å². The van der Waals surface area contributed by atoms with Crippen LogP contribution in [-0.4, -0.2) is 40.7 Å². The van der Waals surface area contributed by atoms with Gasteiger partial charge in [-0.2, -0.15) is 0 Å². The summed E-state index contributed by atoms with van der Waals surface area (Å²) >= 11 is 0. The van der Waals surface area contributed by atoms with Crippen LogP contribution in [-0.2, 0) is 9.59 Å². The number of nitrogens with zero attached hydrogens (tertiary/aromatic N) is 2. The van der Waals surface area contributed by atoms with Crippen LogP contribution < -0.4 is 0 Å². The molecule has 5 heteroatoms. The summed E-state index contributed by atoms with van der Waals surface area (Å²) in [6.07, 6.45) is 9.47. The van der Waals surface area contributed by atoms with Gasteiger partial charge in [-0.3, -0.25) is 14.5 Å². The highest BCUT2D eigenvalue weighted by Gasteiger charge is 2.44. The molecule has 1 aromatic carbocycles. The van der Waals surface area contributed by atoms with Crippen molar-refractivity contribution in [3.05, 3.63) is 41.3 Å². The lowest BCUT2D eigenvalue weighted by Crippen LogP contribution is -2.43.